The second-order valence-corrected chi connectivity index (χ2v) is 0. The van der Waals surface area contributed by atoms with Crippen LogP contribution >= 0.6 is 0 Å². The summed E-state index contributed by atoms with van der Waals surface area (Å²) in [7, 11) is 2.89. The molecule has 0 fully saturated rings. The molecule has 0 saturated carbocycles. The number of hydrogen-bond acceptors (Lipinski definition) is 0. The minimum absolute atomic E-state index is 0. The van der Waals surface area contributed by atoms with E-state index in [-0.39, 0.29) is 48.3 Å². The standard InChI is InChI=1S/Al.Na.H6Si2.4H/c;;1-2;;;;/h;;1-2H3;;;;/q;+1;;;;;-1. The summed E-state index contributed by atoms with van der Waals surface area (Å²) in [5.41, 5.74) is 0. The summed E-state index contributed by atoms with van der Waals surface area (Å²) in [6.45, 7) is 0. The molecule has 0 aliphatic rings. The maximum absolute atomic E-state index is 1.44. The van der Waals surface area contributed by atoms with Crippen molar-refractivity contribution in [2.75, 3.05) is 0 Å². The van der Waals surface area contributed by atoms with Crippen LogP contribution in [0.4, 0.5) is 0 Å². The molecule has 0 spiro atoms. The van der Waals surface area contributed by atoms with Crippen molar-refractivity contribution >= 4 is 36.9 Å². The van der Waals surface area contributed by atoms with Gasteiger partial charge in [0.2, 0.25) is 0 Å². The van der Waals surface area contributed by atoms with E-state index in [1.165, 1.54) is 19.5 Å². The van der Waals surface area contributed by atoms with E-state index in [1.807, 2.05) is 0 Å². The topological polar surface area (TPSA) is 0 Å². The van der Waals surface area contributed by atoms with Gasteiger partial charge in [-0.15, -0.1) is 0 Å². The molecule has 0 nitrogen and oxygen atoms in total. The molecule has 0 N–H and O–H groups in total. The molecule has 0 aliphatic carbocycles. The Balaban J connectivity index is -0.00000000167. The van der Waals surface area contributed by atoms with E-state index in [4.69, 9.17) is 0 Å². The average molecular weight is 116 g/mol. The first kappa shape index (κ1) is 16.7. The molecule has 0 aromatic heterocycles. The van der Waals surface area contributed by atoms with Gasteiger partial charge in [0, 0.05) is 0 Å². The van der Waals surface area contributed by atoms with Crippen LogP contribution in [0.25, 0.3) is 0 Å². The molecule has 0 aliphatic heterocycles. The van der Waals surface area contributed by atoms with Gasteiger partial charge in [0.1, 0.15) is 0 Å². The van der Waals surface area contributed by atoms with E-state index >= 15 is 0 Å². The van der Waals surface area contributed by atoms with Gasteiger partial charge in [0.15, 0.2) is 17.4 Å². The maximum Gasteiger partial charge on any atom is 1.00 e. The number of rotatable bonds is 0. The fraction of sp³-hybridized carbons (Fsp3) is 0. The molecule has 0 aromatic rings. The quantitative estimate of drug-likeness (QED) is 0.276. The van der Waals surface area contributed by atoms with Crippen molar-refractivity contribution in [3.63, 3.8) is 0 Å². The van der Waals surface area contributed by atoms with E-state index < -0.39 is 0 Å². The summed E-state index contributed by atoms with van der Waals surface area (Å²) >= 11 is 0. The smallest absolute Gasteiger partial charge is 1.00 e. The van der Waals surface area contributed by atoms with Gasteiger partial charge in [0.05, 0.1) is 0 Å². The molecule has 22 valence electrons. The maximum atomic E-state index is 1.44. The molecule has 4 heteroatoms. The Morgan fingerprint density at radius 2 is 1.25 bits per heavy atom. The monoisotopic (exact) mass is 116 g/mol. The van der Waals surface area contributed by atoms with Crippen LogP contribution in [0.5, 0.6) is 0 Å². The van der Waals surface area contributed by atoms with Crippen molar-refractivity contribution in [3.8, 4) is 0 Å². The van der Waals surface area contributed by atoms with E-state index in [0.717, 1.165) is 0 Å². The van der Waals surface area contributed by atoms with Gasteiger partial charge in [0.25, 0.3) is 0 Å². The van der Waals surface area contributed by atoms with Gasteiger partial charge < -0.3 is 1.43 Å². The zero-order valence-corrected chi connectivity index (χ0v) is 9.00. The minimum atomic E-state index is 0. The zero-order chi connectivity index (χ0) is 2.00. The fourth-order valence-electron chi connectivity index (χ4n) is 0. The Morgan fingerprint density at radius 3 is 1.25 bits per heavy atom. The van der Waals surface area contributed by atoms with Crippen LogP contribution in [-0.2, 0) is 0 Å². The van der Waals surface area contributed by atoms with E-state index in [9.17, 15) is 0 Å². The Hall–Kier alpha value is 1.97. The van der Waals surface area contributed by atoms with Crippen molar-refractivity contribution in [1.82, 2.24) is 0 Å². The first-order chi connectivity index (χ1) is 1.00. The van der Waals surface area contributed by atoms with E-state index in [0.29, 0.717) is 0 Å². The Bertz CT molecular complexity index is 9.61. The average Bonchev–Trinajstić information content (AvgIpc) is 1.00. The Morgan fingerprint density at radius 1 is 1.25 bits per heavy atom. The minimum Gasteiger partial charge on any atom is -1.00 e. The zero-order valence-electron chi connectivity index (χ0n) is 4.00. The van der Waals surface area contributed by atoms with Crippen molar-refractivity contribution in [1.29, 1.82) is 0 Å². The summed E-state index contributed by atoms with van der Waals surface area (Å²) < 4.78 is 0. The van der Waals surface area contributed by atoms with E-state index in [1.54, 1.807) is 0 Å². The summed E-state index contributed by atoms with van der Waals surface area (Å²) in [5, 5.41) is 0. The Kier molecular flexibility index (Phi) is 84.5. The van der Waals surface area contributed by atoms with Gasteiger partial charge in [-0.25, -0.2) is 0 Å². The largest absolute Gasteiger partial charge is 1.00 e. The summed E-state index contributed by atoms with van der Waals surface area (Å²) in [5.74, 6) is 0. The Labute approximate surface area is 67.3 Å². The van der Waals surface area contributed by atoms with E-state index in [2.05, 4.69) is 0 Å². The van der Waals surface area contributed by atoms with Crippen molar-refractivity contribution < 1.29 is 31.0 Å². The fourth-order valence-corrected chi connectivity index (χ4v) is 0. The van der Waals surface area contributed by atoms with Gasteiger partial charge in [-0.3, -0.25) is 0 Å². The van der Waals surface area contributed by atoms with Crippen LogP contribution in [0, 0.1) is 0 Å². The SMILES string of the molecule is [AlH3].[H-].[Na+].[SiH3][SiH3]. The third-order valence-corrected chi connectivity index (χ3v) is 0. The molecule has 0 bridgehead atoms. The van der Waals surface area contributed by atoms with Crippen LogP contribution < -0.4 is 29.6 Å². The van der Waals surface area contributed by atoms with Crippen LogP contribution in [-0.4, -0.2) is 36.9 Å². The molecule has 0 heterocycles. The molecule has 0 radical (unpaired) electrons. The van der Waals surface area contributed by atoms with Gasteiger partial charge in [-0.05, 0) is 19.5 Å². The van der Waals surface area contributed by atoms with Gasteiger partial charge in [-0.2, -0.15) is 0 Å². The molecular formula is H10AlNaSi2. The molecule has 0 atom stereocenters. The second kappa shape index (κ2) is 20.2. The normalized spacial score (nSPS) is 3.00. The van der Waals surface area contributed by atoms with Crippen LogP contribution in [0.1, 0.15) is 1.43 Å². The first-order valence-electron chi connectivity index (χ1n) is 1.00. The summed E-state index contributed by atoms with van der Waals surface area (Å²) in [4.78, 5) is 0. The predicted octanol–water partition coefficient (Wildman–Crippen LogP) is -6.44. The van der Waals surface area contributed by atoms with Crippen LogP contribution in [0.2, 0.25) is 0 Å². The third kappa shape index (κ3) is 9.03. The third-order valence-electron chi connectivity index (χ3n) is 0. The van der Waals surface area contributed by atoms with Gasteiger partial charge >= 0.3 is 29.6 Å². The summed E-state index contributed by atoms with van der Waals surface area (Å²) in [6, 6.07) is 0. The molecular weight excluding hydrogens is 106 g/mol. The molecule has 4 heavy (non-hydrogen) atoms. The summed E-state index contributed by atoms with van der Waals surface area (Å²) in [6.07, 6.45) is 0. The molecule has 0 aromatic carbocycles. The molecule has 0 rings (SSSR count). The van der Waals surface area contributed by atoms with Crippen molar-refractivity contribution in [2.24, 2.45) is 0 Å². The van der Waals surface area contributed by atoms with Crippen LogP contribution in [0.15, 0.2) is 0 Å². The molecule has 0 saturated heterocycles. The predicted molar refractivity (Wildman–Crippen MR) is 30.9 cm³/mol. The van der Waals surface area contributed by atoms with Gasteiger partial charge in [-0.1, -0.05) is 0 Å². The number of hydrogen-bond donors (Lipinski definition) is 0. The molecule has 0 amide bonds. The van der Waals surface area contributed by atoms with Crippen molar-refractivity contribution in [2.45, 2.75) is 0 Å². The molecule has 0 unspecified atom stereocenters. The van der Waals surface area contributed by atoms with Crippen LogP contribution in [0.3, 0.4) is 0 Å². The second-order valence-electron chi connectivity index (χ2n) is 0. The van der Waals surface area contributed by atoms with Crippen molar-refractivity contribution in [3.05, 3.63) is 0 Å². The first-order valence-corrected chi connectivity index (χ1v) is 9.00.